The molecule has 0 fully saturated rings. The van der Waals surface area contributed by atoms with Gasteiger partial charge in [-0.1, -0.05) is 48.5 Å². The third-order valence-corrected chi connectivity index (χ3v) is 6.27. The van der Waals surface area contributed by atoms with Crippen LogP contribution in [0.2, 0.25) is 0 Å². The molecule has 8 nitrogen and oxygen atoms in total. The van der Waals surface area contributed by atoms with E-state index >= 15 is 0 Å². The van der Waals surface area contributed by atoms with Crippen molar-refractivity contribution >= 4 is 5.65 Å². The number of hydrogen-bond acceptors (Lipinski definition) is 6. The zero-order chi connectivity index (χ0) is 23.4. The second kappa shape index (κ2) is 7.59. The number of aromatic nitrogens is 7. The van der Waals surface area contributed by atoms with E-state index in [-0.39, 0.29) is 5.92 Å². The first-order chi connectivity index (χ1) is 17.3. The van der Waals surface area contributed by atoms with Crippen LogP contribution in [0.5, 0.6) is 11.8 Å². The minimum atomic E-state index is -0.172. The van der Waals surface area contributed by atoms with Gasteiger partial charge in [0.2, 0.25) is 11.8 Å². The molecule has 4 aromatic heterocycles. The van der Waals surface area contributed by atoms with Gasteiger partial charge < -0.3 is 4.74 Å². The van der Waals surface area contributed by atoms with Crippen molar-refractivity contribution in [1.29, 1.82) is 0 Å². The number of para-hydroxylation sites is 1. The Morgan fingerprint density at radius 1 is 0.857 bits per heavy atom. The van der Waals surface area contributed by atoms with Crippen LogP contribution in [-0.4, -0.2) is 34.3 Å². The molecule has 0 unspecified atom stereocenters. The summed E-state index contributed by atoms with van der Waals surface area (Å²) in [6.45, 7) is 2.01. The lowest BCUT2D eigenvalue weighted by Gasteiger charge is -2.26. The Morgan fingerprint density at radius 3 is 2.43 bits per heavy atom. The van der Waals surface area contributed by atoms with E-state index in [9.17, 15) is 0 Å². The Bertz CT molecular complexity index is 1680. The molecule has 8 heteroatoms. The molecule has 0 saturated carbocycles. The van der Waals surface area contributed by atoms with E-state index in [0.717, 1.165) is 33.6 Å². The normalized spacial score (nSPS) is 14.4. The van der Waals surface area contributed by atoms with Crippen LogP contribution in [0.15, 0.2) is 91.5 Å². The van der Waals surface area contributed by atoms with Crippen molar-refractivity contribution in [3.8, 4) is 28.8 Å². The quantitative estimate of drug-likeness (QED) is 0.373. The largest absolute Gasteiger partial charge is 0.420 e. The van der Waals surface area contributed by atoms with Crippen LogP contribution in [0.25, 0.3) is 22.7 Å². The number of rotatable bonds is 3. The Labute approximate surface area is 200 Å². The van der Waals surface area contributed by atoms with Crippen LogP contribution < -0.4 is 4.74 Å². The highest BCUT2D eigenvalue weighted by atomic mass is 16.5. The number of hydrogen-bond donors (Lipinski definition) is 0. The maximum Gasteiger partial charge on any atom is 0.230 e. The average Bonchev–Trinajstić information content (AvgIpc) is 3.50. The van der Waals surface area contributed by atoms with Gasteiger partial charge in [-0.25, -0.2) is 19.2 Å². The van der Waals surface area contributed by atoms with Gasteiger partial charge in [0.25, 0.3) is 0 Å². The molecule has 0 N–H and O–H groups in total. The van der Waals surface area contributed by atoms with Crippen molar-refractivity contribution in [3.63, 3.8) is 0 Å². The molecule has 1 atom stereocenters. The van der Waals surface area contributed by atoms with Crippen LogP contribution in [0.4, 0.5) is 0 Å². The zero-order valence-corrected chi connectivity index (χ0v) is 18.8. The summed E-state index contributed by atoms with van der Waals surface area (Å²) < 4.78 is 10.0. The van der Waals surface area contributed by atoms with Crippen LogP contribution >= 0.6 is 0 Å². The number of ether oxygens (including phenoxy) is 1. The maximum atomic E-state index is 6.45. The van der Waals surface area contributed by atoms with E-state index in [0.29, 0.717) is 23.2 Å². The fourth-order valence-corrected chi connectivity index (χ4v) is 4.72. The molecule has 0 radical (unpaired) electrons. The highest BCUT2D eigenvalue weighted by Gasteiger charge is 2.38. The van der Waals surface area contributed by atoms with Gasteiger partial charge in [0.05, 0.1) is 28.4 Å². The van der Waals surface area contributed by atoms with E-state index in [4.69, 9.17) is 14.8 Å². The smallest absolute Gasteiger partial charge is 0.230 e. The summed E-state index contributed by atoms with van der Waals surface area (Å²) in [6.07, 6.45) is 5.13. The van der Waals surface area contributed by atoms with Crippen LogP contribution in [0, 0.1) is 6.92 Å². The molecule has 0 aliphatic carbocycles. The molecular formula is C27H19N7O. The van der Waals surface area contributed by atoms with Gasteiger partial charge >= 0.3 is 0 Å². The van der Waals surface area contributed by atoms with Crippen LogP contribution in [-0.2, 0) is 0 Å². The standard InChI is InChI=1S/C27H19N7O/c1-17-21-22(18-9-4-2-5-10-18)23-25-30-24(19-11-8-14-28-15-19)32-33(25)16-29-26(23)35-27(21)34(31-17)20-12-6-3-7-13-20/h2-16,22H,1H3/t22-/m0/s1. The Morgan fingerprint density at radius 2 is 1.66 bits per heavy atom. The summed E-state index contributed by atoms with van der Waals surface area (Å²) in [5.41, 5.74) is 6.31. The third kappa shape index (κ3) is 3.03. The molecule has 0 amide bonds. The van der Waals surface area contributed by atoms with E-state index in [1.54, 1.807) is 23.2 Å². The lowest BCUT2D eigenvalue weighted by atomic mass is 9.84. The number of pyridine rings is 1. The lowest BCUT2D eigenvalue weighted by molar-refractivity contribution is 0.402. The van der Waals surface area contributed by atoms with E-state index in [2.05, 4.69) is 27.2 Å². The molecule has 5 heterocycles. The van der Waals surface area contributed by atoms with Gasteiger partial charge in [0, 0.05) is 18.0 Å². The first-order valence-corrected chi connectivity index (χ1v) is 11.3. The summed E-state index contributed by atoms with van der Waals surface area (Å²) in [4.78, 5) is 13.8. The van der Waals surface area contributed by atoms with Gasteiger partial charge in [-0.05, 0) is 36.8 Å². The molecule has 0 spiro atoms. The topological polar surface area (TPSA) is 83.0 Å². The Hall–Kier alpha value is -4.85. The molecule has 1 aliphatic heterocycles. The molecule has 0 bridgehead atoms. The van der Waals surface area contributed by atoms with Gasteiger partial charge in [-0.15, -0.1) is 5.10 Å². The molecular weight excluding hydrogens is 438 g/mol. The second-order valence-electron chi connectivity index (χ2n) is 8.41. The summed E-state index contributed by atoms with van der Waals surface area (Å²) in [7, 11) is 0. The number of nitrogens with zero attached hydrogens (tertiary/aromatic N) is 7. The van der Waals surface area contributed by atoms with Crippen molar-refractivity contribution in [3.05, 3.63) is 114 Å². The first-order valence-electron chi connectivity index (χ1n) is 11.3. The highest BCUT2D eigenvalue weighted by Crippen LogP contribution is 2.49. The monoisotopic (exact) mass is 457 g/mol. The van der Waals surface area contributed by atoms with Gasteiger partial charge in [-0.2, -0.15) is 5.10 Å². The predicted octanol–water partition coefficient (Wildman–Crippen LogP) is 4.97. The number of aryl methyl sites for hydroxylation is 1. The predicted molar refractivity (Wildman–Crippen MR) is 130 cm³/mol. The van der Waals surface area contributed by atoms with Crippen LogP contribution in [0.1, 0.15) is 28.3 Å². The molecule has 168 valence electrons. The molecule has 1 aliphatic rings. The molecule has 6 aromatic rings. The fourth-order valence-electron chi connectivity index (χ4n) is 4.72. The van der Waals surface area contributed by atoms with Crippen molar-refractivity contribution in [2.24, 2.45) is 0 Å². The minimum absolute atomic E-state index is 0.172. The molecule has 0 saturated heterocycles. The maximum absolute atomic E-state index is 6.45. The zero-order valence-electron chi connectivity index (χ0n) is 18.8. The minimum Gasteiger partial charge on any atom is -0.420 e. The van der Waals surface area contributed by atoms with Crippen molar-refractivity contribution in [1.82, 2.24) is 34.3 Å². The van der Waals surface area contributed by atoms with Crippen molar-refractivity contribution < 1.29 is 4.74 Å². The highest BCUT2D eigenvalue weighted by molar-refractivity contribution is 5.68. The second-order valence-corrected chi connectivity index (χ2v) is 8.41. The van der Waals surface area contributed by atoms with Gasteiger partial charge in [0.15, 0.2) is 11.5 Å². The molecule has 2 aromatic carbocycles. The lowest BCUT2D eigenvalue weighted by Crippen LogP contribution is -2.16. The third-order valence-electron chi connectivity index (χ3n) is 6.27. The van der Waals surface area contributed by atoms with Gasteiger partial charge in [0.1, 0.15) is 6.33 Å². The average molecular weight is 457 g/mol. The number of benzene rings is 2. The van der Waals surface area contributed by atoms with Crippen molar-refractivity contribution in [2.45, 2.75) is 12.8 Å². The first kappa shape index (κ1) is 19.6. The Balaban J connectivity index is 1.50. The summed E-state index contributed by atoms with van der Waals surface area (Å²) in [5, 5.41) is 9.54. The summed E-state index contributed by atoms with van der Waals surface area (Å²) in [6, 6.07) is 24.1. The van der Waals surface area contributed by atoms with E-state index in [1.165, 1.54) is 0 Å². The summed E-state index contributed by atoms with van der Waals surface area (Å²) >= 11 is 0. The van der Waals surface area contributed by atoms with Crippen LogP contribution in [0.3, 0.4) is 0 Å². The van der Waals surface area contributed by atoms with E-state index < -0.39 is 0 Å². The molecule has 35 heavy (non-hydrogen) atoms. The SMILES string of the molecule is Cc1nn(-c2ccccc2)c2c1[C@H](c1ccccc1)c1c(ncn3nc(-c4cccnc4)nc13)O2. The fraction of sp³-hybridized carbons (Fsp3) is 0.0741. The summed E-state index contributed by atoms with van der Waals surface area (Å²) in [5.74, 6) is 1.58. The van der Waals surface area contributed by atoms with Crippen molar-refractivity contribution in [2.75, 3.05) is 0 Å². The molecule has 7 rings (SSSR count). The van der Waals surface area contributed by atoms with Gasteiger partial charge in [-0.3, -0.25) is 4.98 Å². The Kier molecular flexibility index (Phi) is 4.25. The van der Waals surface area contributed by atoms with E-state index in [1.807, 2.05) is 72.3 Å². The number of fused-ring (bicyclic) bond motifs is 4.